The van der Waals surface area contributed by atoms with Crippen molar-refractivity contribution in [1.29, 1.82) is 0 Å². The normalized spacial score (nSPS) is 16.5. The van der Waals surface area contributed by atoms with Gasteiger partial charge in [0, 0.05) is 0 Å². The molecule has 0 radical (unpaired) electrons. The van der Waals surface area contributed by atoms with Crippen LogP contribution in [0.2, 0.25) is 0 Å². The van der Waals surface area contributed by atoms with Gasteiger partial charge in [-0.3, -0.25) is 0 Å². The Morgan fingerprint density at radius 2 is 1.11 bits per heavy atom. The SMILES string of the molecule is CC1(C)OB(c2ccc(-n3nc4ccc(-c5ccc(-c6ccccc6)cc5)cc4n3)cc2)OC1(C)C. The zero-order chi connectivity index (χ0) is 24.9. The number of aromatic nitrogens is 3. The van der Waals surface area contributed by atoms with Gasteiger partial charge in [-0.1, -0.05) is 72.8 Å². The maximum atomic E-state index is 6.17. The summed E-state index contributed by atoms with van der Waals surface area (Å²) in [6, 6.07) is 33.3. The van der Waals surface area contributed by atoms with Crippen molar-refractivity contribution in [3.05, 3.63) is 97.1 Å². The van der Waals surface area contributed by atoms with Gasteiger partial charge in [0.05, 0.1) is 16.9 Å². The van der Waals surface area contributed by atoms with Gasteiger partial charge in [-0.15, -0.1) is 10.2 Å². The van der Waals surface area contributed by atoms with Gasteiger partial charge >= 0.3 is 7.12 Å². The summed E-state index contributed by atoms with van der Waals surface area (Å²) in [7, 11) is -0.385. The second-order valence-corrected chi connectivity index (χ2v) is 10.3. The molecule has 0 unspecified atom stereocenters. The first-order valence-electron chi connectivity index (χ1n) is 12.3. The second kappa shape index (κ2) is 8.44. The molecule has 0 amide bonds. The van der Waals surface area contributed by atoms with Crippen molar-refractivity contribution in [2.45, 2.75) is 38.9 Å². The zero-order valence-electron chi connectivity index (χ0n) is 21.0. The molecule has 0 bridgehead atoms. The minimum atomic E-state index is -0.385. The van der Waals surface area contributed by atoms with Crippen molar-refractivity contribution < 1.29 is 9.31 Å². The molecule has 1 saturated heterocycles. The lowest BCUT2D eigenvalue weighted by molar-refractivity contribution is 0.00578. The molecule has 2 heterocycles. The molecule has 0 atom stereocenters. The quantitative estimate of drug-likeness (QED) is 0.298. The van der Waals surface area contributed by atoms with Gasteiger partial charge < -0.3 is 9.31 Å². The van der Waals surface area contributed by atoms with Crippen LogP contribution in [0, 0.1) is 0 Å². The second-order valence-electron chi connectivity index (χ2n) is 10.3. The van der Waals surface area contributed by atoms with E-state index in [1.54, 1.807) is 4.80 Å². The molecule has 5 aromatic rings. The van der Waals surface area contributed by atoms with E-state index in [-0.39, 0.29) is 18.3 Å². The average Bonchev–Trinajstić information content (AvgIpc) is 3.41. The zero-order valence-corrected chi connectivity index (χ0v) is 21.0. The molecule has 1 aliphatic heterocycles. The Bertz CT molecular complexity index is 1510. The van der Waals surface area contributed by atoms with Crippen molar-refractivity contribution in [3.8, 4) is 27.9 Å². The van der Waals surface area contributed by atoms with Crippen LogP contribution >= 0.6 is 0 Å². The number of hydrogen-bond acceptors (Lipinski definition) is 4. The summed E-state index contributed by atoms with van der Waals surface area (Å²) >= 11 is 0. The molecule has 0 spiro atoms. The first kappa shape index (κ1) is 22.7. The van der Waals surface area contributed by atoms with Crippen LogP contribution in [-0.4, -0.2) is 33.3 Å². The minimum Gasteiger partial charge on any atom is -0.399 e. The largest absolute Gasteiger partial charge is 0.494 e. The molecule has 4 aromatic carbocycles. The maximum Gasteiger partial charge on any atom is 0.494 e. The van der Waals surface area contributed by atoms with Crippen molar-refractivity contribution in [3.63, 3.8) is 0 Å². The van der Waals surface area contributed by atoms with E-state index in [4.69, 9.17) is 14.4 Å². The number of rotatable bonds is 4. The Hall–Kier alpha value is -3.74. The van der Waals surface area contributed by atoms with Gasteiger partial charge in [0.1, 0.15) is 11.0 Å². The van der Waals surface area contributed by atoms with E-state index in [2.05, 4.69) is 93.5 Å². The summed E-state index contributed by atoms with van der Waals surface area (Å²) in [5.74, 6) is 0. The van der Waals surface area contributed by atoms with Crippen molar-refractivity contribution in [1.82, 2.24) is 15.0 Å². The number of fused-ring (bicyclic) bond motifs is 1. The maximum absolute atomic E-state index is 6.17. The van der Waals surface area contributed by atoms with Crippen LogP contribution < -0.4 is 5.46 Å². The number of hydrogen-bond donors (Lipinski definition) is 0. The fourth-order valence-corrected chi connectivity index (χ4v) is 4.44. The van der Waals surface area contributed by atoms with Crippen LogP contribution in [0.1, 0.15) is 27.7 Å². The van der Waals surface area contributed by atoms with Crippen molar-refractivity contribution in [2.24, 2.45) is 0 Å². The van der Waals surface area contributed by atoms with Gasteiger partial charge in [-0.25, -0.2) is 0 Å². The first-order chi connectivity index (χ1) is 17.3. The van der Waals surface area contributed by atoms with E-state index in [0.717, 1.165) is 33.3 Å². The lowest BCUT2D eigenvalue weighted by Crippen LogP contribution is -2.41. The van der Waals surface area contributed by atoms with Crippen molar-refractivity contribution >= 4 is 23.6 Å². The summed E-state index contributed by atoms with van der Waals surface area (Å²) in [6.07, 6.45) is 0. The van der Waals surface area contributed by atoms with Crippen LogP contribution in [0.5, 0.6) is 0 Å². The predicted molar refractivity (Wildman–Crippen MR) is 145 cm³/mol. The Kier molecular flexibility index (Phi) is 5.32. The van der Waals surface area contributed by atoms with Crippen LogP contribution in [0.15, 0.2) is 97.1 Å². The number of benzene rings is 4. The molecular formula is C30H28BN3O2. The summed E-state index contributed by atoms with van der Waals surface area (Å²) in [5.41, 5.74) is 7.54. The summed E-state index contributed by atoms with van der Waals surface area (Å²) < 4.78 is 12.3. The van der Waals surface area contributed by atoms with Crippen LogP contribution in [0.3, 0.4) is 0 Å². The molecule has 0 aliphatic carbocycles. The summed E-state index contributed by atoms with van der Waals surface area (Å²) in [4.78, 5) is 1.68. The first-order valence-corrected chi connectivity index (χ1v) is 12.3. The Labute approximate surface area is 211 Å². The molecule has 6 rings (SSSR count). The molecule has 178 valence electrons. The molecule has 0 N–H and O–H groups in total. The summed E-state index contributed by atoms with van der Waals surface area (Å²) in [5, 5.41) is 9.44. The van der Waals surface area contributed by atoms with E-state index in [9.17, 15) is 0 Å². The van der Waals surface area contributed by atoms with E-state index in [0.29, 0.717) is 0 Å². The molecule has 1 aliphatic rings. The van der Waals surface area contributed by atoms with E-state index in [1.165, 1.54) is 11.1 Å². The Morgan fingerprint density at radius 3 is 1.75 bits per heavy atom. The molecule has 36 heavy (non-hydrogen) atoms. The Morgan fingerprint density at radius 1 is 0.583 bits per heavy atom. The molecule has 5 nitrogen and oxygen atoms in total. The van der Waals surface area contributed by atoms with Crippen molar-refractivity contribution in [2.75, 3.05) is 0 Å². The average molecular weight is 473 g/mol. The molecule has 6 heteroatoms. The monoisotopic (exact) mass is 473 g/mol. The van der Waals surface area contributed by atoms with Gasteiger partial charge in [-0.2, -0.15) is 4.80 Å². The minimum absolute atomic E-state index is 0.364. The van der Waals surface area contributed by atoms with Gasteiger partial charge in [0.2, 0.25) is 0 Å². The third-order valence-electron chi connectivity index (χ3n) is 7.36. The van der Waals surface area contributed by atoms with E-state index >= 15 is 0 Å². The highest BCUT2D eigenvalue weighted by Gasteiger charge is 2.51. The molecule has 1 fully saturated rings. The van der Waals surface area contributed by atoms with Gasteiger partial charge in [0.15, 0.2) is 0 Å². The fourth-order valence-electron chi connectivity index (χ4n) is 4.44. The third kappa shape index (κ3) is 4.02. The standard InChI is InChI=1S/C30H28BN3O2/c1-29(2)30(3,4)36-31(35-29)25-15-17-26(18-16-25)34-32-27-19-14-24(20-28(27)33-34)23-12-10-22(11-13-23)21-8-6-5-7-9-21/h5-20H,1-4H3. The molecular weight excluding hydrogens is 445 g/mol. The predicted octanol–water partition coefficient (Wildman–Crippen LogP) is 6.05. The van der Waals surface area contributed by atoms with E-state index < -0.39 is 0 Å². The summed E-state index contributed by atoms with van der Waals surface area (Å²) in [6.45, 7) is 8.25. The fraction of sp³-hybridized carbons (Fsp3) is 0.200. The molecule has 0 saturated carbocycles. The third-order valence-corrected chi connectivity index (χ3v) is 7.36. The molecule has 1 aromatic heterocycles. The van der Waals surface area contributed by atoms with Crippen LogP contribution in [0.4, 0.5) is 0 Å². The smallest absolute Gasteiger partial charge is 0.399 e. The van der Waals surface area contributed by atoms with Crippen LogP contribution in [-0.2, 0) is 9.31 Å². The highest BCUT2D eigenvalue weighted by atomic mass is 16.7. The van der Waals surface area contributed by atoms with Gasteiger partial charge in [0.25, 0.3) is 0 Å². The highest BCUT2D eigenvalue weighted by Crippen LogP contribution is 2.36. The van der Waals surface area contributed by atoms with Gasteiger partial charge in [-0.05, 0) is 79.7 Å². The lowest BCUT2D eigenvalue weighted by Gasteiger charge is -2.32. The Balaban J connectivity index is 1.24. The number of nitrogens with zero attached hydrogens (tertiary/aromatic N) is 3. The lowest BCUT2D eigenvalue weighted by atomic mass is 9.79. The topological polar surface area (TPSA) is 49.2 Å². The highest BCUT2D eigenvalue weighted by molar-refractivity contribution is 6.62. The van der Waals surface area contributed by atoms with Crippen LogP contribution in [0.25, 0.3) is 39.0 Å². The van der Waals surface area contributed by atoms with E-state index in [1.807, 2.05) is 36.4 Å².